The van der Waals surface area contributed by atoms with Gasteiger partial charge in [-0.3, -0.25) is 9.59 Å². The molecule has 0 spiro atoms. The average Bonchev–Trinajstić information content (AvgIpc) is 2.53. The third-order valence-electron chi connectivity index (χ3n) is 3.53. The Balaban J connectivity index is 1.98. The molecule has 1 aromatic carbocycles. The Bertz CT molecular complexity index is 742. The molecule has 1 heterocycles. The van der Waals surface area contributed by atoms with E-state index < -0.39 is 0 Å². The highest BCUT2D eigenvalue weighted by Crippen LogP contribution is 2.23. The fraction of sp³-hybridized carbons (Fsp3) is 0.333. The quantitative estimate of drug-likeness (QED) is 0.448. The minimum Gasteiger partial charge on any atom is -0.384 e. The lowest BCUT2D eigenvalue weighted by atomic mass is 10.0. The maximum absolute atomic E-state index is 12.6. The second kappa shape index (κ2) is 8.62. The van der Waals surface area contributed by atoms with Gasteiger partial charge in [-0.2, -0.15) is 0 Å². The number of hydrogen-bond donors (Lipinski definition) is 2. The number of nitrogens with one attached hydrogen (secondary N) is 1. The molecule has 0 saturated carbocycles. The SMILES string of the molecule is CC(=O)NCCc1ccc(C(=O)C(C)Sc2nc(C)cc(N)n2)cc1. The fourth-order valence-corrected chi connectivity index (χ4v) is 3.20. The van der Waals surface area contributed by atoms with E-state index in [1.807, 2.05) is 38.1 Å². The summed E-state index contributed by atoms with van der Waals surface area (Å²) in [4.78, 5) is 31.9. The smallest absolute Gasteiger partial charge is 0.216 e. The Morgan fingerprint density at radius 2 is 1.92 bits per heavy atom. The number of nitrogens with zero attached hydrogens (tertiary/aromatic N) is 2. The maximum Gasteiger partial charge on any atom is 0.216 e. The molecule has 25 heavy (non-hydrogen) atoms. The van der Waals surface area contributed by atoms with Crippen LogP contribution in [-0.4, -0.2) is 33.5 Å². The van der Waals surface area contributed by atoms with Gasteiger partial charge in [-0.25, -0.2) is 9.97 Å². The number of aromatic nitrogens is 2. The molecule has 132 valence electrons. The number of thioether (sulfide) groups is 1. The van der Waals surface area contributed by atoms with E-state index >= 15 is 0 Å². The number of aryl methyl sites for hydroxylation is 1. The van der Waals surface area contributed by atoms with E-state index in [9.17, 15) is 9.59 Å². The summed E-state index contributed by atoms with van der Waals surface area (Å²) in [5.74, 6) is 0.372. The summed E-state index contributed by atoms with van der Waals surface area (Å²) in [5, 5.41) is 2.94. The Morgan fingerprint density at radius 3 is 2.52 bits per heavy atom. The van der Waals surface area contributed by atoms with Crippen molar-refractivity contribution in [2.45, 2.75) is 37.6 Å². The molecule has 1 aromatic heterocycles. The number of nitrogens with two attached hydrogens (primary N) is 1. The second-order valence-corrected chi connectivity index (χ2v) is 7.08. The van der Waals surface area contributed by atoms with Gasteiger partial charge in [0, 0.05) is 30.8 Å². The molecule has 6 nitrogen and oxygen atoms in total. The molecule has 7 heteroatoms. The van der Waals surface area contributed by atoms with Crippen LogP contribution in [-0.2, 0) is 11.2 Å². The molecular weight excluding hydrogens is 336 g/mol. The van der Waals surface area contributed by atoms with E-state index in [-0.39, 0.29) is 16.9 Å². The van der Waals surface area contributed by atoms with Gasteiger partial charge < -0.3 is 11.1 Å². The average molecular weight is 358 g/mol. The van der Waals surface area contributed by atoms with Crippen LogP contribution >= 0.6 is 11.8 Å². The van der Waals surface area contributed by atoms with Gasteiger partial charge in [0.05, 0.1) is 5.25 Å². The summed E-state index contributed by atoms with van der Waals surface area (Å²) >= 11 is 1.30. The molecule has 0 bridgehead atoms. The van der Waals surface area contributed by atoms with Crippen LogP contribution in [0.2, 0.25) is 0 Å². The third kappa shape index (κ3) is 5.86. The van der Waals surface area contributed by atoms with Crippen molar-refractivity contribution < 1.29 is 9.59 Å². The lowest BCUT2D eigenvalue weighted by Crippen LogP contribution is -2.22. The van der Waals surface area contributed by atoms with Gasteiger partial charge >= 0.3 is 0 Å². The van der Waals surface area contributed by atoms with Crippen LogP contribution in [0.4, 0.5) is 5.82 Å². The van der Waals surface area contributed by atoms with Crippen LogP contribution in [0.25, 0.3) is 0 Å². The lowest BCUT2D eigenvalue weighted by Gasteiger charge is -2.10. The fourth-order valence-electron chi connectivity index (χ4n) is 2.28. The number of nitrogen functional groups attached to an aromatic ring is 1. The van der Waals surface area contributed by atoms with Gasteiger partial charge in [0.15, 0.2) is 10.9 Å². The van der Waals surface area contributed by atoms with Crippen molar-refractivity contribution in [3.8, 4) is 0 Å². The first-order chi connectivity index (χ1) is 11.8. The maximum atomic E-state index is 12.6. The van der Waals surface area contributed by atoms with E-state index in [1.165, 1.54) is 18.7 Å². The highest BCUT2D eigenvalue weighted by Gasteiger charge is 2.18. The Labute approximate surface area is 151 Å². The molecule has 1 unspecified atom stereocenters. The van der Waals surface area contributed by atoms with Gasteiger partial charge in [-0.15, -0.1) is 0 Å². The summed E-state index contributed by atoms with van der Waals surface area (Å²) < 4.78 is 0. The first kappa shape index (κ1) is 18.9. The van der Waals surface area contributed by atoms with Crippen LogP contribution in [0.15, 0.2) is 35.5 Å². The normalized spacial score (nSPS) is 11.8. The van der Waals surface area contributed by atoms with Crippen molar-refractivity contribution in [3.63, 3.8) is 0 Å². The van der Waals surface area contributed by atoms with Gasteiger partial charge in [0.25, 0.3) is 0 Å². The number of carbonyl (C=O) groups is 2. The Kier molecular flexibility index (Phi) is 6.52. The molecule has 3 N–H and O–H groups in total. The zero-order valence-corrected chi connectivity index (χ0v) is 15.4. The van der Waals surface area contributed by atoms with E-state index in [0.29, 0.717) is 23.1 Å². The Hall–Kier alpha value is -2.41. The van der Waals surface area contributed by atoms with Crippen molar-refractivity contribution in [1.82, 2.24) is 15.3 Å². The summed E-state index contributed by atoms with van der Waals surface area (Å²) in [6.07, 6.45) is 0.731. The molecule has 0 aliphatic carbocycles. The Morgan fingerprint density at radius 1 is 1.24 bits per heavy atom. The first-order valence-corrected chi connectivity index (χ1v) is 8.88. The third-order valence-corrected chi connectivity index (χ3v) is 4.49. The number of rotatable bonds is 7. The van der Waals surface area contributed by atoms with Crippen LogP contribution in [0.1, 0.15) is 35.5 Å². The summed E-state index contributed by atoms with van der Waals surface area (Å²) in [5.41, 5.74) is 8.21. The van der Waals surface area contributed by atoms with Crippen LogP contribution < -0.4 is 11.1 Å². The summed E-state index contributed by atoms with van der Waals surface area (Å²) in [7, 11) is 0. The number of anilines is 1. The topological polar surface area (TPSA) is 98.0 Å². The van der Waals surface area contributed by atoms with E-state index in [1.54, 1.807) is 6.07 Å². The number of carbonyl (C=O) groups excluding carboxylic acids is 2. The van der Waals surface area contributed by atoms with E-state index in [4.69, 9.17) is 5.73 Å². The van der Waals surface area contributed by atoms with Crippen molar-refractivity contribution in [2.24, 2.45) is 0 Å². The molecule has 1 atom stereocenters. The molecule has 0 saturated heterocycles. The van der Waals surface area contributed by atoms with Crippen molar-refractivity contribution in [2.75, 3.05) is 12.3 Å². The van der Waals surface area contributed by atoms with Gasteiger partial charge in [-0.1, -0.05) is 36.0 Å². The van der Waals surface area contributed by atoms with Crippen molar-refractivity contribution in [1.29, 1.82) is 0 Å². The number of ketones is 1. The van der Waals surface area contributed by atoms with Gasteiger partial charge in [0.2, 0.25) is 5.91 Å². The monoisotopic (exact) mass is 358 g/mol. The highest BCUT2D eigenvalue weighted by atomic mass is 32.2. The first-order valence-electron chi connectivity index (χ1n) is 8.00. The zero-order chi connectivity index (χ0) is 18.4. The highest BCUT2D eigenvalue weighted by molar-refractivity contribution is 8.00. The van der Waals surface area contributed by atoms with Crippen LogP contribution in [0, 0.1) is 6.92 Å². The minimum absolute atomic E-state index is 0.0158. The number of amides is 1. The molecular formula is C18H22N4O2S. The lowest BCUT2D eigenvalue weighted by molar-refractivity contribution is -0.118. The van der Waals surface area contributed by atoms with Crippen molar-refractivity contribution in [3.05, 3.63) is 47.2 Å². The summed E-state index contributed by atoms with van der Waals surface area (Å²) in [6, 6.07) is 9.14. The molecule has 2 aromatic rings. The predicted molar refractivity (Wildman–Crippen MR) is 99.7 cm³/mol. The molecule has 0 aliphatic heterocycles. The second-order valence-electron chi connectivity index (χ2n) is 5.77. The van der Waals surface area contributed by atoms with E-state index in [0.717, 1.165) is 17.7 Å². The molecule has 1 amide bonds. The zero-order valence-electron chi connectivity index (χ0n) is 14.6. The minimum atomic E-state index is -0.313. The molecule has 2 rings (SSSR count). The number of hydrogen-bond acceptors (Lipinski definition) is 6. The molecule has 0 radical (unpaired) electrons. The number of Topliss-reactive ketones (excluding diaryl/α,β-unsaturated/α-hetero) is 1. The van der Waals surface area contributed by atoms with Crippen LogP contribution in [0.3, 0.4) is 0 Å². The number of benzene rings is 1. The van der Waals surface area contributed by atoms with Gasteiger partial charge in [-0.05, 0) is 25.8 Å². The largest absolute Gasteiger partial charge is 0.384 e. The van der Waals surface area contributed by atoms with E-state index in [2.05, 4.69) is 15.3 Å². The molecule has 0 fully saturated rings. The van der Waals surface area contributed by atoms with Crippen molar-refractivity contribution >= 4 is 29.3 Å². The van der Waals surface area contributed by atoms with Gasteiger partial charge in [0.1, 0.15) is 5.82 Å². The summed E-state index contributed by atoms with van der Waals surface area (Å²) in [6.45, 7) is 5.75. The molecule has 0 aliphatic rings. The predicted octanol–water partition coefficient (Wildman–Crippen LogP) is 2.41. The van der Waals surface area contributed by atoms with Crippen LogP contribution in [0.5, 0.6) is 0 Å². The standard InChI is InChI=1S/C18H22N4O2S/c1-11-10-16(19)22-18(21-11)25-12(2)17(24)15-6-4-14(5-7-15)8-9-20-13(3)23/h4-7,10,12H,8-9H2,1-3H3,(H,20,23)(H2,19,21,22).